The summed E-state index contributed by atoms with van der Waals surface area (Å²) >= 11 is 0. The second-order valence-corrected chi connectivity index (χ2v) is 24.5. The summed E-state index contributed by atoms with van der Waals surface area (Å²) < 4.78 is 16.9. The Balaban J connectivity index is 4.13. The molecule has 0 saturated heterocycles. The van der Waals surface area contributed by atoms with Gasteiger partial charge in [0.05, 0.1) is 0 Å². The molecule has 0 aliphatic carbocycles. The monoisotopic (exact) mass is 1160 g/mol. The van der Waals surface area contributed by atoms with Crippen LogP contribution in [0.1, 0.15) is 380 Å². The number of carbonyl (C=O) groups is 3. The van der Waals surface area contributed by atoms with Gasteiger partial charge in [0.15, 0.2) is 6.10 Å². The summed E-state index contributed by atoms with van der Waals surface area (Å²) in [6, 6.07) is 0. The van der Waals surface area contributed by atoms with Crippen LogP contribution in [0.2, 0.25) is 0 Å². The van der Waals surface area contributed by atoms with Crippen LogP contribution in [0, 0.1) is 0 Å². The third kappa shape index (κ3) is 69.5. The van der Waals surface area contributed by atoms with Crippen LogP contribution in [-0.2, 0) is 28.6 Å². The van der Waals surface area contributed by atoms with Crippen molar-refractivity contribution in [2.75, 3.05) is 13.2 Å². The highest BCUT2D eigenvalue weighted by Crippen LogP contribution is 2.19. The van der Waals surface area contributed by atoms with Gasteiger partial charge in [-0.1, -0.05) is 351 Å². The molecule has 0 spiro atoms. The molecule has 6 heteroatoms. The Morgan fingerprint density at radius 2 is 0.482 bits per heavy atom. The van der Waals surface area contributed by atoms with Gasteiger partial charge in [0, 0.05) is 19.3 Å². The summed E-state index contributed by atoms with van der Waals surface area (Å²) in [6.45, 7) is 6.51. The third-order valence-electron chi connectivity index (χ3n) is 16.2. The van der Waals surface area contributed by atoms with Gasteiger partial charge < -0.3 is 14.2 Å². The van der Waals surface area contributed by atoms with Crippen molar-refractivity contribution in [1.82, 2.24) is 0 Å². The zero-order valence-electron chi connectivity index (χ0n) is 55.5. The summed E-state index contributed by atoms with van der Waals surface area (Å²) in [5.74, 6) is -0.908. The fraction of sp³-hybridized carbons (Fsp3) is 0.805. The molecule has 482 valence electrons. The van der Waals surface area contributed by atoms with Gasteiger partial charge in [0.25, 0.3) is 0 Å². The third-order valence-corrected chi connectivity index (χ3v) is 16.2. The zero-order valence-corrected chi connectivity index (χ0v) is 55.5. The van der Waals surface area contributed by atoms with E-state index < -0.39 is 6.10 Å². The van der Waals surface area contributed by atoms with Crippen molar-refractivity contribution in [2.45, 2.75) is 386 Å². The van der Waals surface area contributed by atoms with Crippen LogP contribution in [0.25, 0.3) is 0 Å². The average molecular weight is 1160 g/mol. The Morgan fingerprint density at radius 1 is 0.253 bits per heavy atom. The number of hydrogen-bond acceptors (Lipinski definition) is 6. The maximum Gasteiger partial charge on any atom is 0.306 e. The fourth-order valence-electron chi connectivity index (χ4n) is 10.7. The highest BCUT2D eigenvalue weighted by molar-refractivity contribution is 5.71. The van der Waals surface area contributed by atoms with Gasteiger partial charge in [-0.05, 0) is 83.5 Å². The lowest BCUT2D eigenvalue weighted by molar-refractivity contribution is -0.167. The molecule has 0 aromatic carbocycles. The largest absolute Gasteiger partial charge is 0.462 e. The lowest BCUT2D eigenvalue weighted by Crippen LogP contribution is -2.30. The molecule has 0 N–H and O–H groups in total. The first-order valence-corrected chi connectivity index (χ1v) is 36.4. The first kappa shape index (κ1) is 79.8. The Labute approximate surface area is 516 Å². The molecule has 1 unspecified atom stereocenters. The number of hydrogen-bond donors (Lipinski definition) is 0. The minimum Gasteiger partial charge on any atom is -0.462 e. The lowest BCUT2D eigenvalue weighted by Gasteiger charge is -2.18. The fourth-order valence-corrected chi connectivity index (χ4v) is 10.7. The summed E-state index contributed by atoms with van der Waals surface area (Å²) in [4.78, 5) is 38.4. The van der Waals surface area contributed by atoms with Crippen molar-refractivity contribution in [1.29, 1.82) is 0 Å². The van der Waals surface area contributed by atoms with Crippen molar-refractivity contribution >= 4 is 17.9 Å². The number of allylic oxidation sites excluding steroid dienone is 12. The molecular weight excluding hydrogens is 1020 g/mol. The van der Waals surface area contributed by atoms with E-state index in [0.717, 1.165) is 122 Å². The van der Waals surface area contributed by atoms with Gasteiger partial charge in [-0.3, -0.25) is 14.4 Å². The number of carbonyl (C=O) groups excluding carboxylic acids is 3. The molecule has 0 aromatic rings. The topological polar surface area (TPSA) is 78.9 Å². The molecule has 6 nitrogen and oxygen atoms in total. The van der Waals surface area contributed by atoms with E-state index in [1.165, 1.54) is 218 Å². The standard InChI is InChI=1S/C77H138O6/c1-4-7-10-13-16-19-22-25-28-30-31-32-33-34-35-36-37-38-39-40-41-42-43-44-45-46-48-49-52-55-58-61-64-67-70-76(79)82-73-74(72-81-75(78)69-66-63-60-57-54-51-27-24-21-18-15-12-9-6-3)83-77(80)71-68-65-62-59-56-53-50-47-29-26-23-20-17-14-11-8-5-2/h8,11,15,17-18,20,24,26-27,29,50,53,74H,4-7,9-10,12-14,16,19,21-23,25,28,30-49,51-52,54-73H2,1-3H3/b11-8-,18-15-,20-17-,27-24-,29-26-,53-50-. The first-order chi connectivity index (χ1) is 41.0. The summed E-state index contributed by atoms with van der Waals surface area (Å²) in [7, 11) is 0. The summed E-state index contributed by atoms with van der Waals surface area (Å²) in [6.07, 6.45) is 93.9. The normalized spacial score (nSPS) is 12.5. The molecule has 0 rings (SSSR count). The predicted octanol–water partition coefficient (Wildman–Crippen LogP) is 25.2. The predicted molar refractivity (Wildman–Crippen MR) is 362 cm³/mol. The number of unbranched alkanes of at least 4 members (excludes halogenated alkanes) is 44. The van der Waals surface area contributed by atoms with Crippen LogP contribution < -0.4 is 0 Å². The van der Waals surface area contributed by atoms with E-state index in [4.69, 9.17) is 14.2 Å². The van der Waals surface area contributed by atoms with Crippen LogP contribution in [0.15, 0.2) is 72.9 Å². The molecular formula is C77H138O6. The Hall–Kier alpha value is -3.15. The molecule has 0 aliphatic rings. The van der Waals surface area contributed by atoms with E-state index in [1.807, 2.05) is 0 Å². The maximum atomic E-state index is 12.9. The van der Waals surface area contributed by atoms with Crippen LogP contribution in [0.4, 0.5) is 0 Å². The Bertz CT molecular complexity index is 1520. The summed E-state index contributed by atoms with van der Waals surface area (Å²) in [5.41, 5.74) is 0. The molecule has 0 saturated carbocycles. The van der Waals surface area contributed by atoms with Gasteiger partial charge in [-0.15, -0.1) is 0 Å². The molecule has 0 aromatic heterocycles. The van der Waals surface area contributed by atoms with E-state index in [2.05, 4.69) is 93.7 Å². The van der Waals surface area contributed by atoms with Crippen molar-refractivity contribution in [3.63, 3.8) is 0 Å². The van der Waals surface area contributed by atoms with Crippen molar-refractivity contribution in [3.8, 4) is 0 Å². The van der Waals surface area contributed by atoms with E-state index in [1.54, 1.807) is 0 Å². The molecule has 0 heterocycles. The molecule has 0 aliphatic heterocycles. The van der Waals surface area contributed by atoms with Crippen molar-refractivity contribution in [2.24, 2.45) is 0 Å². The van der Waals surface area contributed by atoms with E-state index in [-0.39, 0.29) is 31.1 Å². The highest BCUT2D eigenvalue weighted by atomic mass is 16.6. The minimum absolute atomic E-state index is 0.0873. The molecule has 1 atom stereocenters. The van der Waals surface area contributed by atoms with Crippen LogP contribution in [0.3, 0.4) is 0 Å². The Morgan fingerprint density at radius 3 is 0.771 bits per heavy atom. The van der Waals surface area contributed by atoms with E-state index in [9.17, 15) is 14.4 Å². The summed E-state index contributed by atoms with van der Waals surface area (Å²) in [5, 5.41) is 0. The average Bonchev–Trinajstić information content (AvgIpc) is 3.49. The number of esters is 3. The van der Waals surface area contributed by atoms with Crippen LogP contribution >= 0.6 is 0 Å². The van der Waals surface area contributed by atoms with Crippen LogP contribution in [0.5, 0.6) is 0 Å². The van der Waals surface area contributed by atoms with Crippen molar-refractivity contribution < 1.29 is 28.6 Å². The van der Waals surface area contributed by atoms with Crippen molar-refractivity contribution in [3.05, 3.63) is 72.9 Å². The maximum absolute atomic E-state index is 12.9. The van der Waals surface area contributed by atoms with Gasteiger partial charge >= 0.3 is 17.9 Å². The minimum atomic E-state index is -0.795. The molecule has 0 bridgehead atoms. The quantitative estimate of drug-likeness (QED) is 0.0261. The lowest BCUT2D eigenvalue weighted by atomic mass is 10.0. The van der Waals surface area contributed by atoms with Gasteiger partial charge in [0.1, 0.15) is 13.2 Å². The smallest absolute Gasteiger partial charge is 0.306 e. The number of ether oxygens (including phenoxy) is 3. The highest BCUT2D eigenvalue weighted by Gasteiger charge is 2.19. The Kier molecular flexibility index (Phi) is 68.6. The zero-order chi connectivity index (χ0) is 59.9. The molecule has 0 fully saturated rings. The van der Waals surface area contributed by atoms with Gasteiger partial charge in [0.2, 0.25) is 0 Å². The second-order valence-electron chi connectivity index (χ2n) is 24.5. The SMILES string of the molecule is CC/C=C\C/C=C\C/C=C\C/C=C\CCCCCCC(=O)OC(COC(=O)CCCCCCC/C=C\C/C=C\CCCC)COC(=O)CCCCCCCCCCCCCCCCCCCCCCCCCCCCCCCCCCCC. The first-order valence-electron chi connectivity index (χ1n) is 36.4. The van der Waals surface area contributed by atoms with Gasteiger partial charge in [-0.25, -0.2) is 0 Å². The molecule has 0 amide bonds. The number of rotatable bonds is 67. The van der Waals surface area contributed by atoms with Gasteiger partial charge in [-0.2, -0.15) is 0 Å². The molecule has 0 radical (unpaired) electrons. The molecule has 83 heavy (non-hydrogen) atoms. The van der Waals surface area contributed by atoms with E-state index >= 15 is 0 Å². The second kappa shape index (κ2) is 71.3. The van der Waals surface area contributed by atoms with Crippen LogP contribution in [-0.4, -0.2) is 37.2 Å². The van der Waals surface area contributed by atoms with E-state index in [0.29, 0.717) is 19.3 Å².